The molecule has 0 atom stereocenters. The second-order valence-corrected chi connectivity index (χ2v) is 6.65. The van der Waals surface area contributed by atoms with Crippen LogP contribution in [-0.2, 0) is 0 Å². The third-order valence-electron chi connectivity index (χ3n) is 4.98. The topological polar surface area (TPSA) is 54.2 Å². The molecule has 3 N–H and O–H groups in total. The molecule has 128 valence electrons. The summed E-state index contributed by atoms with van der Waals surface area (Å²) in [7, 11) is 1.97. The normalized spacial score (nSPS) is 14.8. The lowest BCUT2D eigenvalue weighted by atomic mass is 9.95. The van der Waals surface area contributed by atoms with Crippen molar-refractivity contribution in [3.63, 3.8) is 0 Å². The number of halogens is 1. The van der Waals surface area contributed by atoms with Gasteiger partial charge in [0.05, 0.1) is 0 Å². The molecule has 1 aromatic heterocycles. The Morgan fingerprint density at radius 1 is 1.24 bits per heavy atom. The molecule has 1 aliphatic heterocycles. The number of anilines is 2. The van der Waals surface area contributed by atoms with Crippen LogP contribution in [0.25, 0.3) is 21.9 Å². The largest absolute Gasteiger partial charge is 0.384 e. The molecule has 0 amide bonds. The maximum atomic E-state index is 14.5. The van der Waals surface area contributed by atoms with Crippen molar-refractivity contribution in [2.45, 2.75) is 13.0 Å². The van der Waals surface area contributed by atoms with Crippen molar-refractivity contribution in [1.82, 2.24) is 10.3 Å². The summed E-state index contributed by atoms with van der Waals surface area (Å²) in [4.78, 5) is 6.51. The molecule has 4 nitrogen and oxygen atoms in total. The van der Waals surface area contributed by atoms with Crippen molar-refractivity contribution in [3.8, 4) is 11.1 Å². The number of nitrogens with zero attached hydrogens (tertiary/aromatic N) is 2. The van der Waals surface area contributed by atoms with Crippen molar-refractivity contribution in [2.75, 3.05) is 30.8 Å². The molecule has 0 unspecified atom stereocenters. The molecular formula is C20H21FN4. The Labute approximate surface area is 146 Å². The number of fused-ring (bicyclic) bond motifs is 1. The summed E-state index contributed by atoms with van der Waals surface area (Å²) >= 11 is 0. The van der Waals surface area contributed by atoms with Crippen LogP contribution >= 0.6 is 0 Å². The monoisotopic (exact) mass is 336 g/mol. The molecule has 4 rings (SSSR count). The van der Waals surface area contributed by atoms with Gasteiger partial charge in [0.2, 0.25) is 0 Å². The Morgan fingerprint density at radius 3 is 2.76 bits per heavy atom. The number of aryl methyl sites for hydroxylation is 1. The summed E-state index contributed by atoms with van der Waals surface area (Å²) in [5, 5.41) is 5.31. The third kappa shape index (κ3) is 2.70. The first kappa shape index (κ1) is 15.8. The lowest BCUT2D eigenvalue weighted by Crippen LogP contribution is -2.57. The predicted octanol–water partition coefficient (Wildman–Crippen LogP) is 3.34. The highest BCUT2D eigenvalue weighted by Crippen LogP contribution is 2.37. The number of benzene rings is 2. The van der Waals surface area contributed by atoms with Crippen LogP contribution in [0.1, 0.15) is 5.56 Å². The van der Waals surface area contributed by atoms with Crippen LogP contribution in [0.5, 0.6) is 0 Å². The zero-order valence-electron chi connectivity index (χ0n) is 14.4. The molecule has 1 aliphatic rings. The van der Waals surface area contributed by atoms with E-state index < -0.39 is 0 Å². The number of nitrogens with one attached hydrogen (secondary N) is 1. The third-order valence-corrected chi connectivity index (χ3v) is 4.98. The molecule has 3 aromatic rings. The lowest BCUT2D eigenvalue weighted by molar-refractivity contribution is 0.451. The number of hydrogen-bond acceptors (Lipinski definition) is 4. The van der Waals surface area contributed by atoms with Gasteiger partial charge in [0.1, 0.15) is 11.6 Å². The maximum Gasteiger partial charge on any atom is 0.131 e. The Balaban J connectivity index is 1.91. The van der Waals surface area contributed by atoms with E-state index >= 15 is 0 Å². The zero-order chi connectivity index (χ0) is 17.6. The van der Waals surface area contributed by atoms with Gasteiger partial charge in [0, 0.05) is 47.4 Å². The van der Waals surface area contributed by atoms with E-state index in [-0.39, 0.29) is 5.82 Å². The van der Waals surface area contributed by atoms with Gasteiger partial charge < -0.3 is 16.0 Å². The van der Waals surface area contributed by atoms with Gasteiger partial charge in [-0.15, -0.1) is 0 Å². The van der Waals surface area contributed by atoms with Crippen molar-refractivity contribution >= 4 is 22.3 Å². The van der Waals surface area contributed by atoms with E-state index in [1.807, 2.05) is 32.2 Å². The van der Waals surface area contributed by atoms with Gasteiger partial charge in [-0.2, -0.15) is 0 Å². The molecule has 0 bridgehead atoms. The van der Waals surface area contributed by atoms with Crippen LogP contribution in [0.4, 0.5) is 15.9 Å². The summed E-state index contributed by atoms with van der Waals surface area (Å²) in [5.74, 6) is 0.291. The molecule has 0 saturated carbocycles. The predicted molar refractivity (Wildman–Crippen MR) is 101 cm³/mol. The van der Waals surface area contributed by atoms with E-state index in [0.29, 0.717) is 17.4 Å². The first-order chi connectivity index (χ1) is 12.1. The first-order valence-corrected chi connectivity index (χ1v) is 8.44. The number of likely N-dealkylation sites (N-methyl/N-ethyl adjacent to an activating group) is 1. The zero-order valence-corrected chi connectivity index (χ0v) is 14.4. The van der Waals surface area contributed by atoms with Gasteiger partial charge in [-0.05, 0) is 49.4 Å². The minimum absolute atomic E-state index is 0.203. The number of hydrogen-bond donors (Lipinski definition) is 2. The number of nitrogen functional groups attached to an aromatic ring is 1. The first-order valence-electron chi connectivity index (χ1n) is 8.44. The van der Waals surface area contributed by atoms with Crippen molar-refractivity contribution in [3.05, 3.63) is 54.0 Å². The average Bonchev–Trinajstić information content (AvgIpc) is 2.54. The molecule has 2 heterocycles. The van der Waals surface area contributed by atoms with E-state index in [2.05, 4.69) is 21.3 Å². The van der Waals surface area contributed by atoms with E-state index in [1.165, 1.54) is 6.07 Å². The van der Waals surface area contributed by atoms with Crippen LogP contribution in [-0.4, -0.2) is 31.2 Å². The van der Waals surface area contributed by atoms with Gasteiger partial charge in [-0.25, -0.2) is 9.37 Å². The molecule has 2 aromatic carbocycles. The standard InChI is InChI=1S/C20H21FN4/c1-12-4-3-5-17(21)20(12)13-6-14-9-24-19(22)8-16(14)18(7-13)25-10-15(11-25)23-2/h3-9,15,23H,10-11H2,1-2H3,(H2,22,24). The second kappa shape index (κ2) is 6.01. The molecule has 1 saturated heterocycles. The summed E-state index contributed by atoms with van der Waals surface area (Å²) in [6, 6.07) is 11.6. The van der Waals surface area contributed by atoms with E-state index in [9.17, 15) is 4.39 Å². The number of nitrogens with two attached hydrogens (primary N) is 1. The van der Waals surface area contributed by atoms with Crippen LogP contribution < -0.4 is 16.0 Å². The van der Waals surface area contributed by atoms with Gasteiger partial charge in [-0.1, -0.05) is 12.1 Å². The number of pyridine rings is 1. The molecule has 0 aliphatic carbocycles. The highest BCUT2D eigenvalue weighted by molar-refractivity contribution is 5.99. The highest BCUT2D eigenvalue weighted by Gasteiger charge is 2.27. The van der Waals surface area contributed by atoms with E-state index in [0.717, 1.165) is 40.7 Å². The quantitative estimate of drug-likeness (QED) is 0.770. The lowest BCUT2D eigenvalue weighted by Gasteiger charge is -2.41. The number of rotatable bonds is 3. The molecule has 0 radical (unpaired) electrons. The van der Waals surface area contributed by atoms with Gasteiger partial charge in [-0.3, -0.25) is 0 Å². The van der Waals surface area contributed by atoms with Crippen LogP contribution in [0.2, 0.25) is 0 Å². The van der Waals surface area contributed by atoms with Gasteiger partial charge in [0.15, 0.2) is 0 Å². The fourth-order valence-electron chi connectivity index (χ4n) is 3.51. The maximum absolute atomic E-state index is 14.5. The summed E-state index contributed by atoms with van der Waals surface area (Å²) in [6.45, 7) is 3.78. The minimum Gasteiger partial charge on any atom is -0.384 e. The summed E-state index contributed by atoms with van der Waals surface area (Å²) < 4.78 is 14.5. The Kier molecular flexibility index (Phi) is 3.81. The molecule has 5 heteroatoms. The Bertz CT molecular complexity index is 928. The van der Waals surface area contributed by atoms with Crippen molar-refractivity contribution in [2.24, 2.45) is 0 Å². The van der Waals surface area contributed by atoms with Crippen molar-refractivity contribution < 1.29 is 4.39 Å². The van der Waals surface area contributed by atoms with Gasteiger partial charge >= 0.3 is 0 Å². The van der Waals surface area contributed by atoms with Crippen LogP contribution in [0.3, 0.4) is 0 Å². The minimum atomic E-state index is -0.203. The average molecular weight is 336 g/mol. The van der Waals surface area contributed by atoms with E-state index in [4.69, 9.17) is 5.73 Å². The molecule has 1 fully saturated rings. The van der Waals surface area contributed by atoms with Gasteiger partial charge in [0.25, 0.3) is 0 Å². The fourth-order valence-corrected chi connectivity index (χ4v) is 3.51. The fraction of sp³-hybridized carbons (Fsp3) is 0.250. The molecular weight excluding hydrogens is 315 g/mol. The Morgan fingerprint density at radius 2 is 2.04 bits per heavy atom. The van der Waals surface area contributed by atoms with Crippen LogP contribution in [0, 0.1) is 12.7 Å². The summed E-state index contributed by atoms with van der Waals surface area (Å²) in [6.07, 6.45) is 1.77. The number of aromatic nitrogens is 1. The molecule has 0 spiro atoms. The smallest absolute Gasteiger partial charge is 0.131 e. The molecule has 25 heavy (non-hydrogen) atoms. The highest BCUT2D eigenvalue weighted by atomic mass is 19.1. The second-order valence-electron chi connectivity index (χ2n) is 6.65. The summed E-state index contributed by atoms with van der Waals surface area (Å²) in [5.41, 5.74) is 9.42. The van der Waals surface area contributed by atoms with E-state index in [1.54, 1.807) is 12.3 Å². The van der Waals surface area contributed by atoms with Crippen LogP contribution in [0.15, 0.2) is 42.6 Å². The SMILES string of the molecule is CNC1CN(c2cc(-c3c(C)cccc3F)cc3cnc(N)cc23)C1. The Hall–Kier alpha value is -2.66. The van der Waals surface area contributed by atoms with Crippen molar-refractivity contribution in [1.29, 1.82) is 0 Å².